The minimum atomic E-state index is 0.265. The van der Waals surface area contributed by atoms with Gasteiger partial charge < -0.3 is 5.32 Å². The Morgan fingerprint density at radius 1 is 1.30 bits per heavy atom. The minimum Gasteiger partial charge on any atom is -0.312 e. The van der Waals surface area contributed by atoms with Crippen LogP contribution in [0.2, 0.25) is 0 Å². The molecule has 0 bridgehead atoms. The first-order valence-electron chi connectivity index (χ1n) is 3.92. The number of nitrogens with one attached hydrogen (secondary N) is 1. The number of rotatable bonds is 3. The van der Waals surface area contributed by atoms with E-state index in [2.05, 4.69) is 45.2 Å². The van der Waals surface area contributed by atoms with Crippen molar-refractivity contribution in [2.75, 3.05) is 6.54 Å². The number of hydrogen-bond acceptors (Lipinski definition) is 1. The smallest absolute Gasteiger partial charge is 0.00966 e. The lowest BCUT2D eigenvalue weighted by Gasteiger charge is -2.19. The van der Waals surface area contributed by atoms with Gasteiger partial charge in [-0.05, 0) is 40.7 Å². The summed E-state index contributed by atoms with van der Waals surface area (Å²) < 4.78 is 0. The summed E-state index contributed by atoms with van der Waals surface area (Å²) in [5.74, 6) is 0. The number of hydrogen-bond donors (Lipinski definition) is 1. The van der Waals surface area contributed by atoms with Crippen LogP contribution in [0.4, 0.5) is 0 Å². The van der Waals surface area contributed by atoms with Gasteiger partial charge in [0.05, 0.1) is 0 Å². The first-order chi connectivity index (χ1) is 4.56. The van der Waals surface area contributed by atoms with Crippen molar-refractivity contribution in [1.29, 1.82) is 0 Å². The van der Waals surface area contributed by atoms with E-state index in [1.54, 1.807) is 0 Å². The van der Waals surface area contributed by atoms with Crippen LogP contribution in [0.5, 0.6) is 0 Å². The third kappa shape index (κ3) is 7.70. The Balaban J connectivity index is 3.20. The molecule has 0 aliphatic carbocycles. The second-order valence-electron chi connectivity index (χ2n) is 3.53. The zero-order chi connectivity index (χ0) is 8.04. The molecule has 0 aromatic carbocycles. The van der Waals surface area contributed by atoms with Crippen molar-refractivity contribution in [3.8, 4) is 0 Å². The average molecular weight is 141 g/mol. The Labute approximate surface area is 64.5 Å². The molecule has 0 saturated carbocycles. The van der Waals surface area contributed by atoms with Crippen molar-refractivity contribution < 1.29 is 0 Å². The molecule has 0 saturated heterocycles. The highest BCUT2D eigenvalue weighted by Gasteiger charge is 2.05. The maximum atomic E-state index is 3.41. The van der Waals surface area contributed by atoms with Gasteiger partial charge in [0.2, 0.25) is 0 Å². The third-order valence-corrected chi connectivity index (χ3v) is 1.20. The van der Waals surface area contributed by atoms with E-state index in [0.717, 1.165) is 13.0 Å². The normalized spacial score (nSPS) is 12.8. The maximum Gasteiger partial charge on any atom is 0.00966 e. The monoisotopic (exact) mass is 141 g/mol. The van der Waals surface area contributed by atoms with E-state index in [1.807, 2.05) is 0 Å². The van der Waals surface area contributed by atoms with Crippen LogP contribution in [-0.2, 0) is 0 Å². The summed E-state index contributed by atoms with van der Waals surface area (Å²) in [4.78, 5) is 0. The van der Waals surface area contributed by atoms with Crippen molar-refractivity contribution in [2.24, 2.45) is 0 Å². The van der Waals surface area contributed by atoms with Crippen LogP contribution >= 0.6 is 0 Å². The van der Waals surface area contributed by atoms with Crippen LogP contribution in [0, 0.1) is 0 Å². The molecule has 0 aliphatic rings. The molecule has 0 aromatic rings. The van der Waals surface area contributed by atoms with Crippen molar-refractivity contribution in [3.63, 3.8) is 0 Å². The molecular weight excluding hydrogens is 122 g/mol. The summed E-state index contributed by atoms with van der Waals surface area (Å²) in [6.07, 6.45) is 5.40. The van der Waals surface area contributed by atoms with E-state index in [4.69, 9.17) is 0 Å². The highest BCUT2D eigenvalue weighted by atomic mass is 14.9. The predicted molar refractivity (Wildman–Crippen MR) is 47.2 cm³/mol. The largest absolute Gasteiger partial charge is 0.312 e. The lowest BCUT2D eigenvalue weighted by atomic mass is 10.1. The topological polar surface area (TPSA) is 12.0 Å². The van der Waals surface area contributed by atoms with Crippen molar-refractivity contribution >= 4 is 0 Å². The molecular formula is C9H19N. The Hall–Kier alpha value is -0.300. The summed E-state index contributed by atoms with van der Waals surface area (Å²) in [7, 11) is 0. The van der Waals surface area contributed by atoms with E-state index in [0.29, 0.717) is 0 Å². The highest BCUT2D eigenvalue weighted by molar-refractivity contribution is 4.79. The van der Waals surface area contributed by atoms with Gasteiger partial charge in [-0.1, -0.05) is 12.2 Å². The summed E-state index contributed by atoms with van der Waals surface area (Å²) in [5.41, 5.74) is 0.265. The first-order valence-corrected chi connectivity index (χ1v) is 3.92. The van der Waals surface area contributed by atoms with Gasteiger partial charge >= 0.3 is 0 Å². The molecule has 0 spiro atoms. The fourth-order valence-corrected chi connectivity index (χ4v) is 0.697. The zero-order valence-electron chi connectivity index (χ0n) is 7.57. The Morgan fingerprint density at radius 2 is 1.90 bits per heavy atom. The molecule has 0 radical (unpaired) electrons. The lowest BCUT2D eigenvalue weighted by molar-refractivity contribution is 0.431. The predicted octanol–water partition coefficient (Wildman–Crippen LogP) is 2.34. The molecule has 0 unspecified atom stereocenters. The average Bonchev–Trinajstić information content (AvgIpc) is 1.78. The van der Waals surface area contributed by atoms with E-state index in [1.165, 1.54) is 0 Å². The molecule has 0 rings (SSSR count). The van der Waals surface area contributed by atoms with Gasteiger partial charge in [-0.15, -0.1) is 0 Å². The van der Waals surface area contributed by atoms with Gasteiger partial charge in [-0.25, -0.2) is 0 Å². The summed E-state index contributed by atoms with van der Waals surface area (Å²) in [5, 5.41) is 3.41. The quantitative estimate of drug-likeness (QED) is 0.470. The van der Waals surface area contributed by atoms with Crippen LogP contribution in [0.3, 0.4) is 0 Å². The third-order valence-electron chi connectivity index (χ3n) is 1.20. The molecule has 0 amide bonds. The van der Waals surface area contributed by atoms with Crippen molar-refractivity contribution in [1.82, 2.24) is 5.32 Å². The molecule has 1 N–H and O–H groups in total. The molecule has 10 heavy (non-hydrogen) atoms. The SMILES string of the molecule is C/C=C\CCNC(C)(C)C. The number of allylic oxidation sites excluding steroid dienone is 1. The second-order valence-corrected chi connectivity index (χ2v) is 3.53. The van der Waals surface area contributed by atoms with Gasteiger partial charge in [0.25, 0.3) is 0 Å². The van der Waals surface area contributed by atoms with Gasteiger partial charge in [-0.2, -0.15) is 0 Å². The summed E-state index contributed by atoms with van der Waals surface area (Å²) >= 11 is 0. The van der Waals surface area contributed by atoms with Gasteiger partial charge in [-0.3, -0.25) is 0 Å². The van der Waals surface area contributed by atoms with Crippen LogP contribution in [0.1, 0.15) is 34.1 Å². The molecule has 0 aromatic heterocycles. The zero-order valence-corrected chi connectivity index (χ0v) is 7.57. The van der Waals surface area contributed by atoms with E-state index < -0.39 is 0 Å². The first kappa shape index (κ1) is 9.70. The molecule has 0 heterocycles. The minimum absolute atomic E-state index is 0.265. The summed E-state index contributed by atoms with van der Waals surface area (Å²) in [6.45, 7) is 9.68. The van der Waals surface area contributed by atoms with Crippen LogP contribution in [0.25, 0.3) is 0 Å². The summed E-state index contributed by atoms with van der Waals surface area (Å²) in [6, 6.07) is 0. The molecule has 1 nitrogen and oxygen atoms in total. The van der Waals surface area contributed by atoms with Crippen LogP contribution in [0.15, 0.2) is 12.2 Å². The maximum absolute atomic E-state index is 3.41. The highest BCUT2D eigenvalue weighted by Crippen LogP contribution is 1.97. The van der Waals surface area contributed by atoms with E-state index in [-0.39, 0.29) is 5.54 Å². The van der Waals surface area contributed by atoms with E-state index >= 15 is 0 Å². The van der Waals surface area contributed by atoms with E-state index in [9.17, 15) is 0 Å². The molecule has 0 atom stereocenters. The lowest BCUT2D eigenvalue weighted by Crippen LogP contribution is -2.36. The van der Waals surface area contributed by atoms with Crippen LogP contribution < -0.4 is 5.32 Å². The van der Waals surface area contributed by atoms with Gasteiger partial charge in [0.1, 0.15) is 0 Å². The molecule has 1 heteroatoms. The fraction of sp³-hybridized carbons (Fsp3) is 0.778. The standard InChI is InChI=1S/C9H19N/c1-5-6-7-8-10-9(2,3)4/h5-6,10H,7-8H2,1-4H3/b6-5-. The molecule has 0 aliphatic heterocycles. The van der Waals surface area contributed by atoms with Crippen molar-refractivity contribution in [2.45, 2.75) is 39.7 Å². The van der Waals surface area contributed by atoms with Gasteiger partial charge in [0.15, 0.2) is 0 Å². The fourth-order valence-electron chi connectivity index (χ4n) is 0.697. The Morgan fingerprint density at radius 3 is 2.30 bits per heavy atom. The molecule has 60 valence electrons. The van der Waals surface area contributed by atoms with Crippen LogP contribution in [-0.4, -0.2) is 12.1 Å². The molecule has 0 fully saturated rings. The Bertz CT molecular complexity index is 97.8. The van der Waals surface area contributed by atoms with Crippen molar-refractivity contribution in [3.05, 3.63) is 12.2 Å². The van der Waals surface area contributed by atoms with Gasteiger partial charge in [0, 0.05) is 5.54 Å². The second kappa shape index (κ2) is 4.51. The Kier molecular flexibility index (Phi) is 4.37.